The lowest BCUT2D eigenvalue weighted by atomic mass is 9.96. The van der Waals surface area contributed by atoms with E-state index >= 15 is 0 Å². The Morgan fingerprint density at radius 3 is 2.48 bits per heavy atom. The van der Waals surface area contributed by atoms with Crippen LogP contribution in [0.2, 0.25) is 0 Å². The van der Waals surface area contributed by atoms with E-state index in [2.05, 4.69) is 10.6 Å². The molecule has 5 heteroatoms. The first kappa shape index (κ1) is 15.8. The number of ketones is 1. The summed E-state index contributed by atoms with van der Waals surface area (Å²) in [5.74, 6) is -0.0637. The molecule has 2 aromatic rings. The lowest BCUT2D eigenvalue weighted by Gasteiger charge is -2.20. The second kappa shape index (κ2) is 6.69. The van der Waals surface area contributed by atoms with Gasteiger partial charge < -0.3 is 15.4 Å². The highest BCUT2D eigenvalue weighted by Crippen LogP contribution is 2.34. The first-order chi connectivity index (χ1) is 12.2. The minimum atomic E-state index is -0.259. The highest BCUT2D eigenvalue weighted by Gasteiger charge is 2.41. The van der Waals surface area contributed by atoms with Crippen LogP contribution in [0.25, 0.3) is 0 Å². The van der Waals surface area contributed by atoms with Gasteiger partial charge in [0.25, 0.3) is 0 Å². The van der Waals surface area contributed by atoms with Gasteiger partial charge in [0.2, 0.25) is 0 Å². The Hall–Kier alpha value is -2.66. The van der Waals surface area contributed by atoms with Crippen LogP contribution in [0.5, 0.6) is 0 Å². The molecule has 2 N–H and O–H groups in total. The van der Waals surface area contributed by atoms with E-state index in [1.165, 1.54) is 0 Å². The Labute approximate surface area is 146 Å². The van der Waals surface area contributed by atoms with Crippen LogP contribution >= 0.6 is 0 Å². The molecule has 4 rings (SSSR count). The number of fused-ring (bicyclic) bond motifs is 2. The van der Waals surface area contributed by atoms with Crippen LogP contribution in [0.3, 0.4) is 0 Å². The van der Waals surface area contributed by atoms with Gasteiger partial charge in [-0.05, 0) is 31.4 Å². The number of carbonyl (C=O) groups excluding carboxylic acids is 2. The van der Waals surface area contributed by atoms with Crippen LogP contribution in [-0.2, 0) is 4.74 Å². The molecule has 0 aliphatic carbocycles. The number of amides is 2. The fourth-order valence-electron chi connectivity index (χ4n) is 3.62. The smallest absolute Gasteiger partial charge is 0.319 e. The third-order valence-corrected chi connectivity index (χ3v) is 4.84. The average molecular weight is 336 g/mol. The summed E-state index contributed by atoms with van der Waals surface area (Å²) in [6, 6.07) is 15.9. The molecule has 0 aromatic heterocycles. The third kappa shape index (κ3) is 3.42. The number of hydrogen-bond acceptors (Lipinski definition) is 3. The van der Waals surface area contributed by atoms with E-state index in [-0.39, 0.29) is 24.0 Å². The molecule has 2 amide bonds. The highest BCUT2D eigenvalue weighted by atomic mass is 16.5. The molecule has 2 heterocycles. The molecule has 128 valence electrons. The van der Waals surface area contributed by atoms with Gasteiger partial charge in [-0.1, -0.05) is 42.5 Å². The van der Waals surface area contributed by atoms with Crippen molar-refractivity contribution in [2.75, 3.05) is 5.32 Å². The Morgan fingerprint density at radius 2 is 1.76 bits per heavy atom. The fourth-order valence-corrected chi connectivity index (χ4v) is 3.62. The second-order valence-electron chi connectivity index (χ2n) is 6.59. The lowest BCUT2D eigenvalue weighted by Crippen LogP contribution is -2.43. The van der Waals surface area contributed by atoms with Gasteiger partial charge >= 0.3 is 6.03 Å². The maximum Gasteiger partial charge on any atom is 0.319 e. The maximum absolute atomic E-state index is 12.5. The minimum Gasteiger partial charge on any atom is -0.373 e. The van der Waals surface area contributed by atoms with Crippen molar-refractivity contribution in [3.63, 3.8) is 0 Å². The standard InChI is InChI=1S/C20H20N2O3/c23-19(13-5-2-1-3-6-13)14-7-4-8-15(11-14)21-20(24)22-17-12-16-9-10-18(17)25-16/h1-8,11,16-18H,9-10,12H2,(H2,21,22,24)/t16-,17+,18-/m1/s1. The minimum absolute atomic E-state index is 0.0637. The van der Waals surface area contributed by atoms with Crippen molar-refractivity contribution in [2.45, 2.75) is 37.5 Å². The second-order valence-corrected chi connectivity index (χ2v) is 6.59. The first-order valence-corrected chi connectivity index (χ1v) is 8.62. The summed E-state index contributed by atoms with van der Waals surface area (Å²) >= 11 is 0. The zero-order valence-electron chi connectivity index (χ0n) is 13.8. The molecule has 2 aliphatic heterocycles. The predicted molar refractivity (Wildman–Crippen MR) is 94.8 cm³/mol. The number of anilines is 1. The van der Waals surface area contributed by atoms with E-state index in [0.717, 1.165) is 19.3 Å². The topological polar surface area (TPSA) is 67.4 Å². The van der Waals surface area contributed by atoms with Crippen LogP contribution < -0.4 is 10.6 Å². The number of urea groups is 1. The molecule has 2 fully saturated rings. The van der Waals surface area contributed by atoms with Gasteiger partial charge in [-0.15, -0.1) is 0 Å². The van der Waals surface area contributed by atoms with Gasteiger partial charge in [0.15, 0.2) is 5.78 Å². The number of rotatable bonds is 4. The van der Waals surface area contributed by atoms with Crippen molar-refractivity contribution < 1.29 is 14.3 Å². The molecular formula is C20H20N2O3. The molecule has 0 spiro atoms. The summed E-state index contributed by atoms with van der Waals surface area (Å²) in [5.41, 5.74) is 1.78. The SMILES string of the molecule is O=C(Nc1cccc(C(=O)c2ccccc2)c1)N[C@H]1C[C@H]2CC[C@H]1O2. The van der Waals surface area contributed by atoms with E-state index in [0.29, 0.717) is 22.9 Å². The molecule has 2 aromatic carbocycles. The zero-order valence-corrected chi connectivity index (χ0v) is 13.8. The summed E-state index contributed by atoms with van der Waals surface area (Å²) in [4.78, 5) is 24.7. The van der Waals surface area contributed by atoms with E-state index in [1.54, 1.807) is 36.4 Å². The Morgan fingerprint density at radius 1 is 0.960 bits per heavy atom. The van der Waals surface area contributed by atoms with Crippen LogP contribution in [0.1, 0.15) is 35.2 Å². The Kier molecular flexibility index (Phi) is 4.24. The van der Waals surface area contributed by atoms with Gasteiger partial charge in [0.1, 0.15) is 0 Å². The van der Waals surface area contributed by atoms with Crippen molar-refractivity contribution in [2.24, 2.45) is 0 Å². The lowest BCUT2D eigenvalue weighted by molar-refractivity contribution is 0.0984. The zero-order chi connectivity index (χ0) is 17.2. The largest absolute Gasteiger partial charge is 0.373 e. The normalized spacial score (nSPS) is 24.1. The maximum atomic E-state index is 12.5. The molecular weight excluding hydrogens is 316 g/mol. The molecule has 2 bridgehead atoms. The van der Waals surface area contributed by atoms with Crippen molar-refractivity contribution >= 4 is 17.5 Å². The summed E-state index contributed by atoms with van der Waals surface area (Å²) in [6.45, 7) is 0. The summed E-state index contributed by atoms with van der Waals surface area (Å²) in [7, 11) is 0. The van der Waals surface area contributed by atoms with E-state index < -0.39 is 0 Å². The van der Waals surface area contributed by atoms with E-state index in [4.69, 9.17) is 4.74 Å². The van der Waals surface area contributed by atoms with E-state index in [1.807, 2.05) is 18.2 Å². The van der Waals surface area contributed by atoms with Gasteiger partial charge in [-0.2, -0.15) is 0 Å². The first-order valence-electron chi connectivity index (χ1n) is 8.62. The van der Waals surface area contributed by atoms with Crippen LogP contribution in [0.4, 0.5) is 10.5 Å². The number of hydrogen-bond donors (Lipinski definition) is 2. The third-order valence-electron chi connectivity index (χ3n) is 4.84. The van der Waals surface area contributed by atoms with E-state index in [9.17, 15) is 9.59 Å². The molecule has 0 radical (unpaired) electrons. The van der Waals surface area contributed by atoms with Gasteiger partial charge in [-0.25, -0.2) is 4.79 Å². The molecule has 2 aliphatic rings. The Balaban J connectivity index is 1.41. The number of nitrogens with one attached hydrogen (secondary N) is 2. The average Bonchev–Trinajstić information content (AvgIpc) is 3.25. The fraction of sp³-hybridized carbons (Fsp3) is 0.300. The number of benzene rings is 2. The molecule has 0 saturated carbocycles. The number of carbonyl (C=O) groups is 2. The highest BCUT2D eigenvalue weighted by molar-refractivity contribution is 6.09. The van der Waals surface area contributed by atoms with Crippen LogP contribution in [0.15, 0.2) is 54.6 Å². The summed E-state index contributed by atoms with van der Waals surface area (Å²) in [6.07, 6.45) is 3.42. The number of ether oxygens (including phenoxy) is 1. The molecule has 0 unspecified atom stereocenters. The van der Waals surface area contributed by atoms with Crippen LogP contribution in [0, 0.1) is 0 Å². The molecule has 2 saturated heterocycles. The van der Waals surface area contributed by atoms with Gasteiger partial charge in [0, 0.05) is 16.8 Å². The van der Waals surface area contributed by atoms with Crippen molar-refractivity contribution in [3.05, 3.63) is 65.7 Å². The summed E-state index contributed by atoms with van der Waals surface area (Å²) < 4.78 is 5.75. The molecule has 5 nitrogen and oxygen atoms in total. The summed E-state index contributed by atoms with van der Waals surface area (Å²) in [5, 5.41) is 5.80. The van der Waals surface area contributed by atoms with Gasteiger partial charge in [-0.3, -0.25) is 4.79 Å². The van der Waals surface area contributed by atoms with Crippen molar-refractivity contribution in [3.8, 4) is 0 Å². The Bertz CT molecular complexity index is 791. The van der Waals surface area contributed by atoms with Gasteiger partial charge in [0.05, 0.1) is 18.2 Å². The predicted octanol–water partition coefficient (Wildman–Crippen LogP) is 3.36. The van der Waals surface area contributed by atoms with Crippen molar-refractivity contribution in [1.82, 2.24) is 5.32 Å². The van der Waals surface area contributed by atoms with Crippen molar-refractivity contribution in [1.29, 1.82) is 0 Å². The quantitative estimate of drug-likeness (QED) is 0.841. The molecule has 25 heavy (non-hydrogen) atoms. The van der Waals surface area contributed by atoms with Crippen LogP contribution in [-0.4, -0.2) is 30.1 Å². The molecule has 3 atom stereocenters. The monoisotopic (exact) mass is 336 g/mol.